The molecule has 0 bridgehead atoms. The van der Waals surface area contributed by atoms with Crippen LogP contribution in [-0.4, -0.2) is 34.5 Å². The number of ether oxygens (including phenoxy) is 1. The van der Waals surface area contributed by atoms with Crippen LogP contribution in [0.25, 0.3) is 0 Å². The fraction of sp³-hybridized carbons (Fsp3) is 0.667. The van der Waals surface area contributed by atoms with Gasteiger partial charge in [0.2, 0.25) is 0 Å². The molecule has 1 heterocycles. The van der Waals surface area contributed by atoms with Gasteiger partial charge in [0.1, 0.15) is 6.10 Å². The number of hydrogen-bond acceptors (Lipinski definition) is 4. The first-order chi connectivity index (χ1) is 8.84. The average Bonchev–Trinajstić information content (AvgIpc) is 2.61. The molecule has 19 heavy (non-hydrogen) atoms. The predicted octanol–water partition coefficient (Wildman–Crippen LogP) is 1.33. The molecule has 5 unspecified atom stereocenters. The average molecular weight is 264 g/mol. The van der Waals surface area contributed by atoms with Crippen molar-refractivity contribution in [3.8, 4) is 0 Å². The van der Waals surface area contributed by atoms with E-state index in [1.54, 1.807) is 0 Å². The van der Waals surface area contributed by atoms with Crippen LogP contribution in [0.4, 0.5) is 0 Å². The molecule has 5 atom stereocenters. The second kappa shape index (κ2) is 3.93. The molecule has 0 amide bonds. The van der Waals surface area contributed by atoms with Crippen molar-refractivity contribution < 1.29 is 19.7 Å². The van der Waals surface area contributed by atoms with E-state index in [1.165, 1.54) is 0 Å². The number of hydrogen-bond donors (Lipinski definition) is 2. The third-order valence-corrected chi connectivity index (χ3v) is 5.31. The summed E-state index contributed by atoms with van der Waals surface area (Å²) in [7, 11) is 0. The molecule has 0 spiro atoms. The summed E-state index contributed by atoms with van der Waals surface area (Å²) in [6.07, 6.45) is 0.286. The Hall–Kier alpha value is -1.13. The third-order valence-electron chi connectivity index (χ3n) is 5.31. The number of rotatable bonds is 0. The van der Waals surface area contributed by atoms with Gasteiger partial charge < -0.3 is 14.9 Å². The Bertz CT molecular complexity index is 492. The predicted molar refractivity (Wildman–Crippen MR) is 69.2 cm³/mol. The maximum atomic E-state index is 11.6. The van der Waals surface area contributed by atoms with Gasteiger partial charge in [0.15, 0.2) is 0 Å². The smallest absolute Gasteiger partial charge is 0.334 e. The van der Waals surface area contributed by atoms with Gasteiger partial charge in [-0.1, -0.05) is 19.1 Å². The van der Waals surface area contributed by atoms with Gasteiger partial charge >= 0.3 is 5.97 Å². The molecule has 0 aromatic rings. The number of esters is 1. The topological polar surface area (TPSA) is 66.8 Å². The summed E-state index contributed by atoms with van der Waals surface area (Å²) < 4.78 is 5.37. The highest BCUT2D eigenvalue weighted by atomic mass is 16.6. The lowest BCUT2D eigenvalue weighted by molar-refractivity contribution is -0.142. The zero-order chi connectivity index (χ0) is 13.9. The van der Waals surface area contributed by atoms with Crippen LogP contribution in [-0.2, 0) is 9.53 Å². The molecule has 4 heteroatoms. The van der Waals surface area contributed by atoms with Crippen molar-refractivity contribution in [3.05, 3.63) is 23.3 Å². The summed E-state index contributed by atoms with van der Waals surface area (Å²) in [6.45, 7) is 7.75. The van der Waals surface area contributed by atoms with Gasteiger partial charge in [-0.25, -0.2) is 4.79 Å². The van der Waals surface area contributed by atoms with Gasteiger partial charge in [-0.05, 0) is 25.3 Å². The van der Waals surface area contributed by atoms with Gasteiger partial charge in [-0.15, -0.1) is 0 Å². The first-order valence-electron chi connectivity index (χ1n) is 6.80. The summed E-state index contributed by atoms with van der Waals surface area (Å²) in [5.41, 5.74) is 2.16. The van der Waals surface area contributed by atoms with Crippen LogP contribution in [0.3, 0.4) is 0 Å². The van der Waals surface area contributed by atoms with Crippen molar-refractivity contribution in [2.75, 3.05) is 0 Å². The lowest BCUT2D eigenvalue weighted by Gasteiger charge is -2.49. The van der Waals surface area contributed by atoms with E-state index in [2.05, 4.69) is 6.58 Å². The van der Waals surface area contributed by atoms with Crippen molar-refractivity contribution >= 4 is 5.97 Å². The number of aliphatic hydroxyl groups excluding tert-OH is 2. The molecule has 2 N–H and O–H groups in total. The van der Waals surface area contributed by atoms with Crippen LogP contribution < -0.4 is 0 Å². The summed E-state index contributed by atoms with van der Waals surface area (Å²) in [4.78, 5) is 11.6. The van der Waals surface area contributed by atoms with Crippen LogP contribution in [0.1, 0.15) is 33.1 Å². The Morgan fingerprint density at radius 1 is 1.42 bits per heavy atom. The fourth-order valence-electron chi connectivity index (χ4n) is 3.90. The lowest BCUT2D eigenvalue weighted by Crippen LogP contribution is -2.48. The minimum Gasteiger partial charge on any atom is -0.458 e. The van der Waals surface area contributed by atoms with E-state index in [0.717, 1.165) is 11.1 Å². The maximum Gasteiger partial charge on any atom is 0.334 e. The minimum absolute atomic E-state index is 0.00280. The Balaban J connectivity index is 2.03. The summed E-state index contributed by atoms with van der Waals surface area (Å²) in [6, 6.07) is 0. The van der Waals surface area contributed by atoms with E-state index in [9.17, 15) is 15.0 Å². The van der Waals surface area contributed by atoms with Crippen LogP contribution in [0.15, 0.2) is 23.3 Å². The highest BCUT2D eigenvalue weighted by molar-refractivity contribution is 5.91. The summed E-state index contributed by atoms with van der Waals surface area (Å²) in [5.74, 6) is -0.312. The Labute approximate surface area is 112 Å². The second-order valence-corrected chi connectivity index (χ2v) is 6.33. The molecule has 2 fully saturated rings. The molecule has 3 aliphatic rings. The van der Waals surface area contributed by atoms with E-state index >= 15 is 0 Å². The fourth-order valence-corrected chi connectivity index (χ4v) is 3.90. The Kier molecular flexibility index (Phi) is 2.67. The molecule has 104 valence electrons. The summed E-state index contributed by atoms with van der Waals surface area (Å²) in [5, 5.41) is 20.4. The van der Waals surface area contributed by atoms with Crippen LogP contribution in [0.2, 0.25) is 0 Å². The minimum atomic E-state index is -0.588. The molecule has 4 nitrogen and oxygen atoms in total. The van der Waals surface area contributed by atoms with E-state index in [4.69, 9.17) is 4.74 Å². The quantitative estimate of drug-likeness (QED) is 0.393. The van der Waals surface area contributed by atoms with E-state index in [1.807, 2.05) is 13.8 Å². The summed E-state index contributed by atoms with van der Waals surface area (Å²) >= 11 is 0. The lowest BCUT2D eigenvalue weighted by atomic mass is 9.58. The number of carbonyl (C=O) groups excluding carboxylic acids is 1. The zero-order valence-electron chi connectivity index (χ0n) is 11.3. The maximum absolute atomic E-state index is 11.6. The van der Waals surface area contributed by atoms with Gasteiger partial charge in [-0.3, -0.25) is 0 Å². The van der Waals surface area contributed by atoms with Crippen molar-refractivity contribution in [2.45, 2.75) is 51.4 Å². The largest absolute Gasteiger partial charge is 0.458 e. The molecular weight excluding hydrogens is 244 g/mol. The molecule has 0 aromatic carbocycles. The number of fused-ring (bicyclic) bond motifs is 2. The number of aliphatic hydroxyl groups is 2. The number of carbonyl (C=O) groups is 1. The monoisotopic (exact) mass is 264 g/mol. The van der Waals surface area contributed by atoms with Gasteiger partial charge in [0.05, 0.1) is 12.2 Å². The van der Waals surface area contributed by atoms with Crippen molar-refractivity contribution in [1.82, 2.24) is 0 Å². The third kappa shape index (κ3) is 1.63. The van der Waals surface area contributed by atoms with E-state index < -0.39 is 17.6 Å². The SMILES string of the molecule is C=C1C(=O)OC2CC3(C)C(=C(C)C(O)CC3O)CC12. The van der Waals surface area contributed by atoms with Crippen LogP contribution in [0, 0.1) is 11.3 Å². The highest BCUT2D eigenvalue weighted by Gasteiger charge is 2.54. The van der Waals surface area contributed by atoms with Crippen molar-refractivity contribution in [1.29, 1.82) is 0 Å². The van der Waals surface area contributed by atoms with Gasteiger partial charge in [-0.2, -0.15) is 0 Å². The van der Waals surface area contributed by atoms with Crippen molar-refractivity contribution in [3.63, 3.8) is 0 Å². The first kappa shape index (κ1) is 12.9. The van der Waals surface area contributed by atoms with Crippen LogP contribution in [0.5, 0.6) is 0 Å². The molecule has 3 rings (SSSR count). The van der Waals surface area contributed by atoms with Crippen molar-refractivity contribution in [2.24, 2.45) is 11.3 Å². The Morgan fingerprint density at radius 2 is 2.11 bits per heavy atom. The molecule has 0 aromatic heterocycles. The standard InChI is InChI=1S/C15H20O4/c1-7-9-4-10-8(2)11(16)5-13(17)15(10,3)6-12(9)19-14(7)18/h9,11-13,16-17H,1,4-6H2,2-3H3. The molecule has 1 saturated heterocycles. The molecule has 1 aliphatic heterocycles. The van der Waals surface area contributed by atoms with Crippen LogP contribution >= 0.6 is 0 Å². The van der Waals surface area contributed by atoms with Gasteiger partial charge in [0, 0.05) is 23.3 Å². The Morgan fingerprint density at radius 3 is 2.79 bits per heavy atom. The first-order valence-corrected chi connectivity index (χ1v) is 6.80. The highest BCUT2D eigenvalue weighted by Crippen LogP contribution is 2.54. The zero-order valence-corrected chi connectivity index (χ0v) is 11.3. The normalized spacial score (nSPS) is 45.9. The molecule has 1 saturated carbocycles. The van der Waals surface area contributed by atoms with E-state index in [0.29, 0.717) is 24.8 Å². The molecular formula is C15H20O4. The second-order valence-electron chi connectivity index (χ2n) is 6.33. The molecule has 0 radical (unpaired) electrons. The molecule has 2 aliphatic carbocycles. The van der Waals surface area contributed by atoms with E-state index in [-0.39, 0.29) is 18.0 Å². The van der Waals surface area contributed by atoms with Gasteiger partial charge in [0.25, 0.3) is 0 Å².